The van der Waals surface area contributed by atoms with E-state index in [2.05, 4.69) is 27.4 Å². The summed E-state index contributed by atoms with van der Waals surface area (Å²) in [5.74, 6) is 1.69. The van der Waals surface area contributed by atoms with Crippen LogP contribution in [0.15, 0.2) is 17.2 Å². The van der Waals surface area contributed by atoms with Crippen LogP contribution >= 0.6 is 0 Å². The first kappa shape index (κ1) is 17.5. The van der Waals surface area contributed by atoms with Crippen molar-refractivity contribution in [2.45, 2.75) is 6.42 Å². The van der Waals surface area contributed by atoms with Gasteiger partial charge in [0, 0.05) is 44.7 Å². The Kier molecular flexibility index (Phi) is 5.72. The Bertz CT molecular complexity index is 642. The molecule has 0 unspecified atom stereocenters. The van der Waals surface area contributed by atoms with Gasteiger partial charge in [0.05, 0.1) is 13.3 Å². The SMILES string of the molecule is COc1cc(/C=N\NC(=O)CCN2CCN(C)CC2)cc2c1OCO2. The number of piperazine rings is 1. The normalized spacial score (nSPS) is 17.8. The lowest BCUT2D eigenvalue weighted by Gasteiger charge is -2.32. The van der Waals surface area contributed by atoms with Crippen LogP contribution in [0.25, 0.3) is 0 Å². The molecule has 0 spiro atoms. The van der Waals surface area contributed by atoms with E-state index in [1.54, 1.807) is 25.5 Å². The fourth-order valence-electron chi connectivity index (χ4n) is 2.79. The zero-order valence-electron chi connectivity index (χ0n) is 14.7. The van der Waals surface area contributed by atoms with E-state index in [-0.39, 0.29) is 12.7 Å². The zero-order valence-corrected chi connectivity index (χ0v) is 14.7. The second-order valence-corrected chi connectivity index (χ2v) is 6.15. The van der Waals surface area contributed by atoms with Crippen molar-refractivity contribution in [2.75, 3.05) is 53.7 Å². The Labute approximate surface area is 147 Å². The molecular formula is C17H24N4O4. The van der Waals surface area contributed by atoms with Crippen LogP contribution in [0.3, 0.4) is 0 Å². The van der Waals surface area contributed by atoms with Gasteiger partial charge in [-0.3, -0.25) is 4.79 Å². The van der Waals surface area contributed by atoms with E-state index in [0.29, 0.717) is 23.7 Å². The number of amides is 1. The third-order valence-corrected chi connectivity index (χ3v) is 4.33. The van der Waals surface area contributed by atoms with Gasteiger partial charge in [-0.05, 0) is 19.2 Å². The van der Waals surface area contributed by atoms with Gasteiger partial charge in [-0.25, -0.2) is 5.43 Å². The van der Waals surface area contributed by atoms with Crippen molar-refractivity contribution in [3.63, 3.8) is 0 Å². The third-order valence-electron chi connectivity index (χ3n) is 4.33. The quantitative estimate of drug-likeness (QED) is 0.596. The Morgan fingerprint density at radius 3 is 2.88 bits per heavy atom. The van der Waals surface area contributed by atoms with Crippen LogP contribution in [0.2, 0.25) is 0 Å². The molecule has 1 fully saturated rings. The zero-order chi connectivity index (χ0) is 17.6. The van der Waals surface area contributed by atoms with E-state index in [1.165, 1.54) is 0 Å². The second kappa shape index (κ2) is 8.17. The first-order chi connectivity index (χ1) is 12.2. The van der Waals surface area contributed by atoms with Crippen molar-refractivity contribution in [3.05, 3.63) is 17.7 Å². The summed E-state index contributed by atoms with van der Waals surface area (Å²) in [6.45, 7) is 5.04. The molecule has 136 valence electrons. The number of methoxy groups -OCH3 is 1. The fraction of sp³-hybridized carbons (Fsp3) is 0.529. The van der Waals surface area contributed by atoms with Gasteiger partial charge in [0.25, 0.3) is 0 Å². The maximum Gasteiger partial charge on any atom is 0.241 e. The van der Waals surface area contributed by atoms with Gasteiger partial charge in [0.15, 0.2) is 11.5 Å². The van der Waals surface area contributed by atoms with E-state index in [0.717, 1.165) is 38.3 Å². The van der Waals surface area contributed by atoms with E-state index in [4.69, 9.17) is 14.2 Å². The molecule has 2 aliphatic heterocycles. The average Bonchev–Trinajstić information content (AvgIpc) is 3.09. The predicted octanol–water partition coefficient (Wildman–Crippen LogP) is 0.512. The van der Waals surface area contributed by atoms with E-state index in [9.17, 15) is 4.79 Å². The average molecular weight is 348 g/mol. The highest BCUT2D eigenvalue weighted by Crippen LogP contribution is 2.41. The molecular weight excluding hydrogens is 324 g/mol. The molecule has 0 saturated carbocycles. The highest BCUT2D eigenvalue weighted by atomic mass is 16.7. The van der Waals surface area contributed by atoms with Crippen molar-refractivity contribution in [3.8, 4) is 17.2 Å². The number of carbonyl (C=O) groups is 1. The minimum atomic E-state index is -0.0945. The number of hydrazone groups is 1. The number of rotatable bonds is 6. The summed E-state index contributed by atoms with van der Waals surface area (Å²) in [6, 6.07) is 3.58. The molecule has 1 N–H and O–H groups in total. The Balaban J connectivity index is 1.47. The second-order valence-electron chi connectivity index (χ2n) is 6.15. The van der Waals surface area contributed by atoms with E-state index >= 15 is 0 Å². The minimum absolute atomic E-state index is 0.0945. The monoisotopic (exact) mass is 348 g/mol. The summed E-state index contributed by atoms with van der Waals surface area (Å²) < 4.78 is 16.0. The van der Waals surface area contributed by atoms with Crippen LogP contribution in [0.5, 0.6) is 17.2 Å². The molecule has 8 heteroatoms. The summed E-state index contributed by atoms with van der Waals surface area (Å²) in [6.07, 6.45) is 2.00. The third kappa shape index (κ3) is 4.61. The number of nitrogens with zero attached hydrogens (tertiary/aromatic N) is 3. The summed E-state index contributed by atoms with van der Waals surface area (Å²) in [5, 5.41) is 4.02. The molecule has 1 aromatic carbocycles. The summed E-state index contributed by atoms with van der Waals surface area (Å²) in [4.78, 5) is 16.5. The van der Waals surface area contributed by atoms with Gasteiger partial charge < -0.3 is 24.0 Å². The minimum Gasteiger partial charge on any atom is -0.493 e. The molecule has 3 rings (SSSR count). The molecule has 25 heavy (non-hydrogen) atoms. The standard InChI is InChI=1S/C17H24N4O4/c1-20-5-7-21(8-6-20)4-3-16(22)19-18-11-13-9-14(23-2)17-15(10-13)24-12-25-17/h9-11H,3-8,12H2,1-2H3,(H,19,22)/b18-11-. The lowest BCUT2D eigenvalue weighted by molar-refractivity contribution is -0.121. The molecule has 0 radical (unpaired) electrons. The van der Waals surface area contributed by atoms with Gasteiger partial charge in [0.2, 0.25) is 18.4 Å². The number of hydrogen-bond donors (Lipinski definition) is 1. The Morgan fingerprint density at radius 1 is 1.32 bits per heavy atom. The van der Waals surface area contributed by atoms with Gasteiger partial charge in [-0.2, -0.15) is 5.10 Å². The van der Waals surface area contributed by atoms with Gasteiger partial charge >= 0.3 is 0 Å². The molecule has 2 aliphatic rings. The smallest absolute Gasteiger partial charge is 0.241 e. The number of hydrogen-bond acceptors (Lipinski definition) is 7. The maximum atomic E-state index is 11.9. The lowest BCUT2D eigenvalue weighted by Crippen LogP contribution is -2.45. The van der Waals surface area contributed by atoms with Crippen LogP contribution in [0, 0.1) is 0 Å². The first-order valence-electron chi connectivity index (χ1n) is 8.36. The molecule has 1 saturated heterocycles. The van der Waals surface area contributed by atoms with E-state index < -0.39 is 0 Å². The lowest BCUT2D eigenvalue weighted by atomic mass is 10.2. The largest absolute Gasteiger partial charge is 0.493 e. The maximum absolute atomic E-state index is 11.9. The van der Waals surface area contributed by atoms with Crippen LogP contribution in [0.1, 0.15) is 12.0 Å². The number of fused-ring (bicyclic) bond motifs is 1. The van der Waals surface area contributed by atoms with E-state index in [1.807, 2.05) is 0 Å². The highest BCUT2D eigenvalue weighted by molar-refractivity contribution is 5.84. The topological polar surface area (TPSA) is 75.6 Å². The molecule has 1 amide bonds. The van der Waals surface area contributed by atoms with Gasteiger partial charge in [-0.1, -0.05) is 0 Å². The Hall–Kier alpha value is -2.32. The molecule has 0 atom stereocenters. The van der Waals surface area contributed by atoms with Crippen LogP contribution < -0.4 is 19.6 Å². The molecule has 0 aromatic heterocycles. The van der Waals surface area contributed by atoms with Crippen LogP contribution in [-0.2, 0) is 4.79 Å². The Morgan fingerprint density at radius 2 is 2.12 bits per heavy atom. The summed E-state index contributed by atoms with van der Waals surface area (Å²) >= 11 is 0. The number of benzene rings is 1. The van der Waals surface area contributed by atoms with Gasteiger partial charge in [0.1, 0.15) is 0 Å². The van der Waals surface area contributed by atoms with Gasteiger partial charge in [-0.15, -0.1) is 0 Å². The van der Waals surface area contributed by atoms with Crippen molar-refractivity contribution in [1.82, 2.24) is 15.2 Å². The number of nitrogens with one attached hydrogen (secondary N) is 1. The number of ether oxygens (including phenoxy) is 3. The number of likely N-dealkylation sites (N-methyl/N-ethyl adjacent to an activating group) is 1. The van der Waals surface area contributed by atoms with Crippen molar-refractivity contribution in [2.24, 2.45) is 5.10 Å². The highest BCUT2D eigenvalue weighted by Gasteiger charge is 2.19. The number of carbonyl (C=O) groups excluding carboxylic acids is 1. The molecule has 2 heterocycles. The first-order valence-corrected chi connectivity index (χ1v) is 8.36. The van der Waals surface area contributed by atoms with Crippen molar-refractivity contribution >= 4 is 12.1 Å². The van der Waals surface area contributed by atoms with Crippen molar-refractivity contribution < 1.29 is 19.0 Å². The molecule has 8 nitrogen and oxygen atoms in total. The summed E-state index contributed by atoms with van der Waals surface area (Å²) in [5.41, 5.74) is 3.33. The summed E-state index contributed by atoms with van der Waals surface area (Å²) in [7, 11) is 3.68. The fourth-order valence-corrected chi connectivity index (χ4v) is 2.79. The van der Waals surface area contributed by atoms with Crippen LogP contribution in [-0.4, -0.2) is 75.6 Å². The molecule has 0 aliphatic carbocycles. The van der Waals surface area contributed by atoms with Crippen molar-refractivity contribution in [1.29, 1.82) is 0 Å². The molecule has 0 bridgehead atoms. The predicted molar refractivity (Wildman–Crippen MR) is 93.4 cm³/mol. The van der Waals surface area contributed by atoms with Crippen LogP contribution in [0.4, 0.5) is 0 Å². The molecule has 1 aromatic rings.